The van der Waals surface area contributed by atoms with E-state index in [2.05, 4.69) is 33.0 Å². The van der Waals surface area contributed by atoms with Crippen LogP contribution >= 0.6 is 0 Å². The van der Waals surface area contributed by atoms with Crippen LogP contribution in [-0.4, -0.2) is 31.5 Å². The molecule has 0 radical (unpaired) electrons. The molecule has 0 saturated heterocycles. The highest BCUT2D eigenvalue weighted by molar-refractivity contribution is 4.93. The molecule has 1 fully saturated rings. The molecule has 0 aromatic rings. The molecule has 0 bridgehead atoms. The van der Waals surface area contributed by atoms with E-state index in [0.29, 0.717) is 12.3 Å². The Hall–Kier alpha value is -0.290. The summed E-state index contributed by atoms with van der Waals surface area (Å²) in [5.41, 5.74) is 0.0713. The van der Waals surface area contributed by atoms with Gasteiger partial charge >= 0.3 is 6.18 Å². The van der Waals surface area contributed by atoms with Gasteiger partial charge in [0.2, 0.25) is 0 Å². The van der Waals surface area contributed by atoms with E-state index in [0.717, 1.165) is 6.54 Å². The van der Waals surface area contributed by atoms with Crippen LogP contribution < -0.4 is 5.32 Å². The quantitative estimate of drug-likeness (QED) is 0.717. The standard InChI is InChI=1S/C14H26F3NO/c1-12(2,3)18-9-13(4,11-5-6-11)7-8-19-10-14(15,16)17/h11,18H,5-10H2,1-4H3. The van der Waals surface area contributed by atoms with E-state index in [4.69, 9.17) is 4.74 Å². The molecule has 0 aliphatic heterocycles. The zero-order chi connectivity index (χ0) is 14.7. The van der Waals surface area contributed by atoms with Crippen LogP contribution in [0, 0.1) is 11.3 Å². The zero-order valence-electron chi connectivity index (χ0n) is 12.4. The van der Waals surface area contributed by atoms with Gasteiger partial charge in [-0.05, 0) is 51.4 Å². The second-order valence-electron chi connectivity index (χ2n) is 6.95. The maximum atomic E-state index is 12.0. The third-order valence-corrected chi connectivity index (χ3v) is 3.67. The lowest BCUT2D eigenvalue weighted by Crippen LogP contribution is -2.44. The molecule has 114 valence electrons. The van der Waals surface area contributed by atoms with E-state index in [1.165, 1.54) is 12.8 Å². The highest BCUT2D eigenvalue weighted by Gasteiger charge is 2.41. The van der Waals surface area contributed by atoms with Crippen molar-refractivity contribution in [2.24, 2.45) is 11.3 Å². The molecule has 0 heterocycles. The first kappa shape index (κ1) is 16.8. The fourth-order valence-electron chi connectivity index (χ4n) is 2.18. The lowest BCUT2D eigenvalue weighted by molar-refractivity contribution is -0.175. The molecule has 2 nitrogen and oxygen atoms in total. The number of rotatable bonds is 7. The molecule has 0 spiro atoms. The molecule has 1 saturated carbocycles. The average molecular weight is 281 g/mol. The van der Waals surface area contributed by atoms with Crippen LogP contribution in [0.5, 0.6) is 0 Å². The minimum atomic E-state index is -4.22. The number of halogens is 3. The van der Waals surface area contributed by atoms with Crippen molar-refractivity contribution in [2.75, 3.05) is 19.8 Å². The second-order valence-corrected chi connectivity index (χ2v) is 6.95. The first-order valence-corrected chi connectivity index (χ1v) is 6.91. The SMILES string of the molecule is CC(C)(C)NCC(C)(CCOCC(F)(F)F)C1CC1. The molecule has 1 aliphatic rings. The van der Waals surface area contributed by atoms with E-state index in [-0.39, 0.29) is 17.6 Å². The Kier molecular flexibility index (Phi) is 5.29. The largest absolute Gasteiger partial charge is 0.411 e. The fraction of sp³-hybridized carbons (Fsp3) is 1.00. The van der Waals surface area contributed by atoms with Crippen LogP contribution in [0.3, 0.4) is 0 Å². The van der Waals surface area contributed by atoms with Crippen molar-refractivity contribution < 1.29 is 17.9 Å². The average Bonchev–Trinajstić information content (AvgIpc) is 3.03. The molecule has 19 heavy (non-hydrogen) atoms. The van der Waals surface area contributed by atoms with Gasteiger partial charge in [0.15, 0.2) is 0 Å². The molecule has 0 aromatic heterocycles. The first-order valence-electron chi connectivity index (χ1n) is 6.91. The topological polar surface area (TPSA) is 21.3 Å². The number of alkyl halides is 3. The summed E-state index contributed by atoms with van der Waals surface area (Å²) in [4.78, 5) is 0. The molecule has 1 rings (SSSR count). The predicted octanol–water partition coefficient (Wildman–Crippen LogP) is 3.76. The number of ether oxygens (including phenoxy) is 1. The molecule has 1 aliphatic carbocycles. The Bertz CT molecular complexity index is 281. The van der Waals surface area contributed by atoms with Gasteiger partial charge in [-0.15, -0.1) is 0 Å². The van der Waals surface area contributed by atoms with Gasteiger partial charge in [-0.25, -0.2) is 0 Å². The minimum Gasteiger partial charge on any atom is -0.372 e. The van der Waals surface area contributed by atoms with Gasteiger partial charge in [0, 0.05) is 18.7 Å². The number of hydrogen-bond donors (Lipinski definition) is 1. The van der Waals surface area contributed by atoms with Gasteiger partial charge in [-0.3, -0.25) is 0 Å². The highest BCUT2D eigenvalue weighted by atomic mass is 19.4. The molecular formula is C14H26F3NO. The molecule has 0 aromatic carbocycles. The van der Waals surface area contributed by atoms with Crippen LogP contribution in [0.25, 0.3) is 0 Å². The summed E-state index contributed by atoms with van der Waals surface area (Å²) in [7, 11) is 0. The second kappa shape index (κ2) is 6.00. The van der Waals surface area contributed by atoms with E-state index in [1.807, 2.05) is 0 Å². The Morgan fingerprint density at radius 1 is 1.11 bits per heavy atom. The molecule has 1 unspecified atom stereocenters. The minimum absolute atomic E-state index is 0.0307. The number of nitrogens with one attached hydrogen (secondary N) is 1. The van der Waals surface area contributed by atoms with Gasteiger partial charge in [-0.2, -0.15) is 13.2 Å². The van der Waals surface area contributed by atoms with Gasteiger partial charge in [-0.1, -0.05) is 6.92 Å². The van der Waals surface area contributed by atoms with Crippen molar-refractivity contribution >= 4 is 0 Å². The first-order chi connectivity index (χ1) is 8.52. The summed E-state index contributed by atoms with van der Waals surface area (Å²) in [5.74, 6) is 0.622. The van der Waals surface area contributed by atoms with E-state index in [1.54, 1.807) is 0 Å². The van der Waals surface area contributed by atoms with Crippen molar-refractivity contribution in [3.8, 4) is 0 Å². The van der Waals surface area contributed by atoms with E-state index >= 15 is 0 Å². The van der Waals surface area contributed by atoms with E-state index < -0.39 is 12.8 Å². The molecule has 0 amide bonds. The summed E-state index contributed by atoms with van der Waals surface area (Å²) < 4.78 is 40.8. The van der Waals surface area contributed by atoms with Crippen LogP contribution in [0.4, 0.5) is 13.2 Å². The third-order valence-electron chi connectivity index (χ3n) is 3.67. The van der Waals surface area contributed by atoms with Gasteiger partial charge < -0.3 is 10.1 Å². The highest BCUT2D eigenvalue weighted by Crippen LogP contribution is 2.47. The van der Waals surface area contributed by atoms with Crippen molar-refractivity contribution in [2.45, 2.75) is 58.7 Å². The third kappa shape index (κ3) is 7.16. The summed E-state index contributed by atoms with van der Waals surface area (Å²) in [6.07, 6.45) is -1.18. The smallest absolute Gasteiger partial charge is 0.372 e. The lowest BCUT2D eigenvalue weighted by Gasteiger charge is -2.34. The van der Waals surface area contributed by atoms with Gasteiger partial charge in [0.05, 0.1) is 0 Å². The van der Waals surface area contributed by atoms with Crippen LogP contribution in [0.1, 0.15) is 47.0 Å². The van der Waals surface area contributed by atoms with Crippen LogP contribution in [0.2, 0.25) is 0 Å². The normalized spacial score (nSPS) is 20.4. The lowest BCUT2D eigenvalue weighted by atomic mass is 9.81. The number of hydrogen-bond acceptors (Lipinski definition) is 2. The van der Waals surface area contributed by atoms with Crippen molar-refractivity contribution in [3.63, 3.8) is 0 Å². The maximum absolute atomic E-state index is 12.0. The summed E-state index contributed by atoms with van der Waals surface area (Å²) >= 11 is 0. The van der Waals surface area contributed by atoms with Gasteiger partial charge in [0.25, 0.3) is 0 Å². The Labute approximate surface area is 114 Å². The molecule has 5 heteroatoms. The van der Waals surface area contributed by atoms with Crippen molar-refractivity contribution in [1.82, 2.24) is 5.32 Å². The predicted molar refractivity (Wildman–Crippen MR) is 70.1 cm³/mol. The summed E-state index contributed by atoms with van der Waals surface area (Å²) in [6.45, 7) is 8.32. The van der Waals surface area contributed by atoms with Crippen LogP contribution in [0.15, 0.2) is 0 Å². The molecular weight excluding hydrogens is 255 g/mol. The molecule has 1 atom stereocenters. The van der Waals surface area contributed by atoms with Crippen LogP contribution in [-0.2, 0) is 4.74 Å². The Morgan fingerprint density at radius 2 is 1.68 bits per heavy atom. The Balaban J connectivity index is 2.35. The zero-order valence-corrected chi connectivity index (χ0v) is 12.4. The van der Waals surface area contributed by atoms with Crippen molar-refractivity contribution in [1.29, 1.82) is 0 Å². The monoisotopic (exact) mass is 281 g/mol. The maximum Gasteiger partial charge on any atom is 0.411 e. The fourth-order valence-corrected chi connectivity index (χ4v) is 2.18. The van der Waals surface area contributed by atoms with Gasteiger partial charge in [0.1, 0.15) is 6.61 Å². The van der Waals surface area contributed by atoms with E-state index in [9.17, 15) is 13.2 Å². The Morgan fingerprint density at radius 3 is 2.11 bits per heavy atom. The summed E-state index contributed by atoms with van der Waals surface area (Å²) in [6, 6.07) is 0. The molecule has 1 N–H and O–H groups in total. The summed E-state index contributed by atoms with van der Waals surface area (Å²) in [5, 5.41) is 3.46. The van der Waals surface area contributed by atoms with Crippen molar-refractivity contribution in [3.05, 3.63) is 0 Å².